The van der Waals surface area contributed by atoms with Crippen LogP contribution >= 0.6 is 27.7 Å². The maximum Gasteiger partial charge on any atom is 0.293 e. The van der Waals surface area contributed by atoms with Gasteiger partial charge in [-0.2, -0.15) is 0 Å². The lowest BCUT2D eigenvalue weighted by Crippen LogP contribution is -2.27. The van der Waals surface area contributed by atoms with Gasteiger partial charge in [-0.05, 0) is 71.8 Å². The molecular formula is C26H21BrN2O4S. The van der Waals surface area contributed by atoms with Gasteiger partial charge in [0.1, 0.15) is 5.75 Å². The third kappa shape index (κ3) is 5.95. The van der Waals surface area contributed by atoms with Gasteiger partial charge in [0.2, 0.25) is 0 Å². The van der Waals surface area contributed by atoms with Crippen molar-refractivity contribution >= 4 is 56.5 Å². The molecule has 6 nitrogen and oxygen atoms in total. The molecule has 3 aromatic carbocycles. The number of benzene rings is 3. The molecule has 0 saturated carbocycles. The summed E-state index contributed by atoms with van der Waals surface area (Å²) in [7, 11) is 0. The van der Waals surface area contributed by atoms with Crippen molar-refractivity contribution in [2.24, 2.45) is 0 Å². The number of para-hydroxylation sites is 1. The molecule has 1 N–H and O–H groups in total. The lowest BCUT2D eigenvalue weighted by atomic mass is 10.2. The molecule has 0 bridgehead atoms. The van der Waals surface area contributed by atoms with Gasteiger partial charge in [0, 0.05) is 10.2 Å². The third-order valence-corrected chi connectivity index (χ3v) is 6.51. The van der Waals surface area contributed by atoms with E-state index in [2.05, 4.69) is 21.2 Å². The summed E-state index contributed by atoms with van der Waals surface area (Å²) in [6.07, 6.45) is 1.66. The van der Waals surface area contributed by atoms with Gasteiger partial charge in [0.25, 0.3) is 17.1 Å². The van der Waals surface area contributed by atoms with Gasteiger partial charge in [-0.25, -0.2) is 0 Å². The molecule has 0 aliphatic carbocycles. The van der Waals surface area contributed by atoms with Crippen LogP contribution in [0.2, 0.25) is 0 Å². The first kappa shape index (κ1) is 23.8. The number of nitrogens with one attached hydrogen (secondary N) is 1. The van der Waals surface area contributed by atoms with E-state index in [1.165, 1.54) is 4.90 Å². The normalized spacial score (nSPS) is 14.5. The Hall–Kier alpha value is -3.36. The SMILES string of the molecule is Cc1ccccc1NC(=O)COc1cccc(/C=C2\SC(=O)N(Cc3ccc(Br)cc3)C2=O)c1. The van der Waals surface area contributed by atoms with Gasteiger partial charge in [-0.1, -0.05) is 58.4 Å². The first-order chi connectivity index (χ1) is 16.4. The summed E-state index contributed by atoms with van der Waals surface area (Å²) in [5.41, 5.74) is 3.27. The minimum absolute atomic E-state index is 0.151. The quantitative estimate of drug-likeness (QED) is 0.374. The molecule has 34 heavy (non-hydrogen) atoms. The van der Waals surface area contributed by atoms with Crippen LogP contribution in [-0.4, -0.2) is 28.6 Å². The zero-order chi connectivity index (χ0) is 24.1. The highest BCUT2D eigenvalue weighted by molar-refractivity contribution is 9.10. The van der Waals surface area contributed by atoms with Crippen LogP contribution in [0.15, 0.2) is 82.2 Å². The van der Waals surface area contributed by atoms with Crippen LogP contribution < -0.4 is 10.1 Å². The number of carbonyl (C=O) groups excluding carboxylic acids is 3. The molecule has 1 fully saturated rings. The fourth-order valence-electron chi connectivity index (χ4n) is 3.30. The predicted octanol–water partition coefficient (Wildman–Crippen LogP) is 6.01. The topological polar surface area (TPSA) is 75.7 Å². The first-order valence-corrected chi connectivity index (χ1v) is 12.1. The fraction of sp³-hybridized carbons (Fsp3) is 0.115. The van der Waals surface area contributed by atoms with Crippen LogP contribution in [0.1, 0.15) is 16.7 Å². The van der Waals surface area contributed by atoms with Crippen molar-refractivity contribution in [1.82, 2.24) is 4.90 Å². The van der Waals surface area contributed by atoms with Crippen molar-refractivity contribution in [3.8, 4) is 5.75 Å². The number of halogens is 1. The second-order valence-corrected chi connectivity index (χ2v) is 9.53. The molecule has 0 unspecified atom stereocenters. The average molecular weight is 537 g/mol. The lowest BCUT2D eigenvalue weighted by molar-refractivity contribution is -0.123. The van der Waals surface area contributed by atoms with Gasteiger partial charge in [0.05, 0.1) is 11.4 Å². The van der Waals surface area contributed by atoms with Crippen molar-refractivity contribution in [1.29, 1.82) is 0 Å². The van der Waals surface area contributed by atoms with Crippen molar-refractivity contribution < 1.29 is 19.1 Å². The monoisotopic (exact) mass is 536 g/mol. The molecule has 4 rings (SSSR count). The first-order valence-electron chi connectivity index (χ1n) is 10.5. The van der Waals surface area contributed by atoms with Gasteiger partial charge < -0.3 is 10.1 Å². The van der Waals surface area contributed by atoms with Crippen molar-refractivity contribution in [2.45, 2.75) is 13.5 Å². The van der Waals surface area contributed by atoms with Crippen molar-refractivity contribution in [3.63, 3.8) is 0 Å². The number of aryl methyl sites for hydroxylation is 1. The van der Waals surface area contributed by atoms with E-state index >= 15 is 0 Å². The van der Waals surface area contributed by atoms with Crippen LogP contribution in [0, 0.1) is 6.92 Å². The van der Waals surface area contributed by atoms with E-state index in [0.717, 1.165) is 33.0 Å². The third-order valence-electron chi connectivity index (χ3n) is 5.07. The highest BCUT2D eigenvalue weighted by Gasteiger charge is 2.34. The molecule has 1 aliphatic rings. The Morgan fingerprint density at radius 1 is 1.06 bits per heavy atom. The highest BCUT2D eigenvalue weighted by atomic mass is 79.9. The Bertz CT molecular complexity index is 1270. The molecule has 1 heterocycles. The number of anilines is 1. The number of rotatable bonds is 7. The molecular weight excluding hydrogens is 516 g/mol. The minimum atomic E-state index is -0.332. The largest absolute Gasteiger partial charge is 0.484 e. The number of carbonyl (C=O) groups is 3. The molecule has 3 amide bonds. The van der Waals surface area contributed by atoms with Crippen LogP contribution in [0.4, 0.5) is 10.5 Å². The Balaban J connectivity index is 1.39. The number of amides is 3. The van der Waals surface area contributed by atoms with Gasteiger partial charge in [0.15, 0.2) is 6.61 Å². The minimum Gasteiger partial charge on any atom is -0.484 e. The summed E-state index contributed by atoms with van der Waals surface area (Å²) in [6.45, 7) is 1.98. The molecule has 172 valence electrons. The zero-order valence-corrected chi connectivity index (χ0v) is 20.7. The van der Waals surface area contributed by atoms with E-state index in [1.807, 2.05) is 61.5 Å². The van der Waals surface area contributed by atoms with Crippen molar-refractivity contribution in [2.75, 3.05) is 11.9 Å². The number of hydrogen-bond acceptors (Lipinski definition) is 5. The molecule has 0 radical (unpaired) electrons. The van der Waals surface area contributed by atoms with E-state index in [1.54, 1.807) is 24.3 Å². The number of nitrogens with zero attached hydrogens (tertiary/aromatic N) is 1. The Morgan fingerprint density at radius 2 is 1.82 bits per heavy atom. The summed E-state index contributed by atoms with van der Waals surface area (Å²) >= 11 is 4.29. The molecule has 1 saturated heterocycles. The second-order valence-electron chi connectivity index (χ2n) is 7.62. The number of hydrogen-bond donors (Lipinski definition) is 1. The van der Waals surface area contributed by atoms with Crippen LogP contribution in [0.25, 0.3) is 6.08 Å². The highest BCUT2D eigenvalue weighted by Crippen LogP contribution is 2.33. The maximum absolute atomic E-state index is 12.8. The molecule has 8 heteroatoms. The van der Waals surface area contributed by atoms with Gasteiger partial charge in [-0.3, -0.25) is 19.3 Å². The van der Waals surface area contributed by atoms with E-state index in [0.29, 0.717) is 16.2 Å². The van der Waals surface area contributed by atoms with E-state index in [9.17, 15) is 14.4 Å². The lowest BCUT2D eigenvalue weighted by Gasteiger charge is -2.12. The number of thioether (sulfide) groups is 1. The summed E-state index contributed by atoms with van der Waals surface area (Å²) in [4.78, 5) is 39.1. The van der Waals surface area contributed by atoms with Gasteiger partial charge >= 0.3 is 0 Å². The average Bonchev–Trinajstić information content (AvgIpc) is 3.08. The molecule has 1 aliphatic heterocycles. The zero-order valence-electron chi connectivity index (χ0n) is 18.3. The number of ether oxygens (including phenoxy) is 1. The smallest absolute Gasteiger partial charge is 0.293 e. The Labute approximate surface area is 210 Å². The van der Waals surface area contributed by atoms with Crippen LogP contribution in [0.3, 0.4) is 0 Å². The number of imide groups is 1. The predicted molar refractivity (Wildman–Crippen MR) is 137 cm³/mol. The van der Waals surface area contributed by atoms with Crippen LogP contribution in [-0.2, 0) is 16.1 Å². The van der Waals surface area contributed by atoms with E-state index in [4.69, 9.17) is 4.74 Å². The van der Waals surface area contributed by atoms with E-state index in [-0.39, 0.29) is 30.2 Å². The molecule has 0 aromatic heterocycles. The summed E-state index contributed by atoms with van der Waals surface area (Å²) in [6, 6.07) is 22.0. The summed E-state index contributed by atoms with van der Waals surface area (Å²) in [5.74, 6) is -0.113. The van der Waals surface area contributed by atoms with Crippen LogP contribution in [0.5, 0.6) is 5.75 Å². The van der Waals surface area contributed by atoms with E-state index < -0.39 is 0 Å². The Kier molecular flexibility index (Phi) is 7.49. The van der Waals surface area contributed by atoms with Gasteiger partial charge in [-0.15, -0.1) is 0 Å². The standard InChI is InChI=1S/C26H21BrN2O4S/c1-17-5-2-3-8-22(17)28-24(30)16-33-21-7-4-6-19(13-21)14-23-25(31)29(26(32)34-23)15-18-9-11-20(27)12-10-18/h2-14H,15-16H2,1H3,(H,28,30)/b23-14-. The van der Waals surface area contributed by atoms with Crippen molar-refractivity contribution in [3.05, 3.63) is 98.9 Å². The molecule has 0 spiro atoms. The fourth-order valence-corrected chi connectivity index (χ4v) is 4.41. The summed E-state index contributed by atoms with van der Waals surface area (Å²) in [5, 5.41) is 2.52. The maximum atomic E-state index is 12.8. The Morgan fingerprint density at radius 3 is 2.59 bits per heavy atom. The molecule has 0 atom stereocenters. The summed E-state index contributed by atoms with van der Waals surface area (Å²) < 4.78 is 6.56. The second kappa shape index (κ2) is 10.7. The molecule has 3 aromatic rings.